The Kier molecular flexibility index (Phi) is 3.73. The summed E-state index contributed by atoms with van der Waals surface area (Å²) in [5, 5.41) is 4.19. The van der Waals surface area contributed by atoms with Gasteiger partial charge in [-0.3, -0.25) is 9.69 Å². The molecule has 3 aromatic rings. The van der Waals surface area contributed by atoms with Crippen molar-refractivity contribution in [2.75, 3.05) is 13.1 Å². The molecule has 0 bridgehead atoms. The van der Waals surface area contributed by atoms with Crippen molar-refractivity contribution < 1.29 is 4.79 Å². The molecule has 1 aromatic carbocycles. The Morgan fingerprint density at radius 3 is 3.04 bits per heavy atom. The lowest BCUT2D eigenvalue weighted by Crippen LogP contribution is -2.36. The molecule has 0 spiro atoms. The molecule has 1 atom stereocenters. The number of primary amides is 1. The number of carbonyl (C=O) groups excluding carboxylic acids is 1. The number of nitrogens with two attached hydrogens (primary N) is 1. The molecule has 3 N–H and O–H groups in total. The normalized spacial score (nSPS) is 18.9. The van der Waals surface area contributed by atoms with Gasteiger partial charge >= 0.3 is 0 Å². The number of H-pyrrole nitrogens is 1. The van der Waals surface area contributed by atoms with Gasteiger partial charge in [0.25, 0.3) is 5.91 Å². The predicted octanol–water partition coefficient (Wildman–Crippen LogP) is 1.09. The third kappa shape index (κ3) is 2.88. The number of amides is 1. The van der Waals surface area contributed by atoms with Crippen LogP contribution in [0.2, 0.25) is 0 Å². The van der Waals surface area contributed by atoms with Crippen LogP contribution in [-0.2, 0) is 6.54 Å². The van der Waals surface area contributed by atoms with E-state index in [0.29, 0.717) is 0 Å². The van der Waals surface area contributed by atoms with Crippen LogP contribution in [0.4, 0.5) is 0 Å². The first-order valence-corrected chi connectivity index (χ1v) is 8.06. The molecule has 1 unspecified atom stereocenters. The zero-order valence-electron chi connectivity index (χ0n) is 13.2. The monoisotopic (exact) mass is 325 g/mol. The molecule has 8 heteroatoms. The van der Waals surface area contributed by atoms with Crippen LogP contribution in [-0.4, -0.2) is 48.6 Å². The molecule has 0 aliphatic carbocycles. The molecule has 1 saturated heterocycles. The van der Waals surface area contributed by atoms with Gasteiger partial charge in [0.2, 0.25) is 5.82 Å². The lowest BCUT2D eigenvalue weighted by atomic mass is 10.1. The van der Waals surface area contributed by atoms with Crippen LogP contribution in [0.5, 0.6) is 0 Å². The van der Waals surface area contributed by atoms with Crippen molar-refractivity contribution in [3.63, 3.8) is 0 Å². The first kappa shape index (κ1) is 14.8. The van der Waals surface area contributed by atoms with E-state index < -0.39 is 5.91 Å². The molecule has 1 aliphatic heterocycles. The van der Waals surface area contributed by atoms with Crippen molar-refractivity contribution in [1.82, 2.24) is 29.6 Å². The maximum absolute atomic E-state index is 11.1. The third-order valence-corrected chi connectivity index (χ3v) is 4.40. The van der Waals surface area contributed by atoms with E-state index in [-0.39, 0.29) is 11.9 Å². The van der Waals surface area contributed by atoms with E-state index in [9.17, 15) is 4.79 Å². The number of aromatic nitrogens is 5. The molecule has 3 heterocycles. The van der Waals surface area contributed by atoms with Crippen LogP contribution in [0, 0.1) is 0 Å². The van der Waals surface area contributed by atoms with E-state index in [2.05, 4.69) is 25.0 Å². The van der Waals surface area contributed by atoms with E-state index in [1.165, 1.54) is 0 Å². The summed E-state index contributed by atoms with van der Waals surface area (Å²) in [6.45, 7) is 2.63. The highest BCUT2D eigenvalue weighted by atomic mass is 16.1. The summed E-state index contributed by atoms with van der Waals surface area (Å²) >= 11 is 0. The first-order chi connectivity index (χ1) is 11.7. The number of likely N-dealkylation sites (tertiary alicyclic amines) is 1. The highest BCUT2D eigenvalue weighted by molar-refractivity contribution is 5.88. The van der Waals surface area contributed by atoms with Crippen LogP contribution < -0.4 is 5.73 Å². The topological polar surface area (TPSA) is 106 Å². The van der Waals surface area contributed by atoms with Crippen molar-refractivity contribution in [2.45, 2.75) is 25.4 Å². The van der Waals surface area contributed by atoms with Crippen molar-refractivity contribution in [3.8, 4) is 0 Å². The minimum Gasteiger partial charge on any atom is -0.363 e. The zero-order valence-corrected chi connectivity index (χ0v) is 13.2. The fraction of sp³-hybridized carbons (Fsp3) is 0.375. The third-order valence-electron chi connectivity index (χ3n) is 4.40. The fourth-order valence-electron chi connectivity index (χ4n) is 3.25. The Morgan fingerprint density at radius 2 is 2.25 bits per heavy atom. The molecule has 24 heavy (non-hydrogen) atoms. The van der Waals surface area contributed by atoms with Crippen LogP contribution in [0.15, 0.2) is 30.6 Å². The van der Waals surface area contributed by atoms with E-state index >= 15 is 0 Å². The van der Waals surface area contributed by atoms with Gasteiger partial charge in [0.1, 0.15) is 12.2 Å². The first-order valence-electron chi connectivity index (χ1n) is 8.06. The molecule has 124 valence electrons. The maximum atomic E-state index is 11.1. The van der Waals surface area contributed by atoms with Crippen LogP contribution in [0.3, 0.4) is 0 Å². The van der Waals surface area contributed by atoms with Crippen molar-refractivity contribution >= 4 is 16.9 Å². The van der Waals surface area contributed by atoms with Gasteiger partial charge in [-0.25, -0.2) is 14.6 Å². The smallest absolute Gasteiger partial charge is 0.288 e. The van der Waals surface area contributed by atoms with Gasteiger partial charge in [-0.05, 0) is 31.5 Å². The average Bonchev–Trinajstić information content (AvgIpc) is 3.21. The van der Waals surface area contributed by atoms with Gasteiger partial charge in [0.05, 0.1) is 23.6 Å². The fourth-order valence-corrected chi connectivity index (χ4v) is 3.25. The van der Waals surface area contributed by atoms with Crippen molar-refractivity contribution in [1.29, 1.82) is 0 Å². The lowest BCUT2D eigenvalue weighted by molar-refractivity contribution is 0.0989. The summed E-state index contributed by atoms with van der Waals surface area (Å²) in [5.41, 5.74) is 7.27. The molecule has 4 rings (SSSR count). The summed E-state index contributed by atoms with van der Waals surface area (Å²) in [6.07, 6.45) is 3.67. The Hall–Kier alpha value is -2.74. The number of nitrogens with zero attached hydrogens (tertiary/aromatic N) is 5. The molecule has 0 radical (unpaired) electrons. The summed E-state index contributed by atoms with van der Waals surface area (Å²) in [7, 11) is 0. The Bertz CT molecular complexity index is 835. The highest BCUT2D eigenvalue weighted by Crippen LogP contribution is 2.22. The Balaban J connectivity index is 1.47. The summed E-state index contributed by atoms with van der Waals surface area (Å²) in [5.74, 6) is 0.446. The number of hydrogen-bond acceptors (Lipinski definition) is 5. The van der Waals surface area contributed by atoms with E-state index in [1.807, 2.05) is 24.3 Å². The molecular weight excluding hydrogens is 306 g/mol. The van der Waals surface area contributed by atoms with E-state index in [1.54, 1.807) is 11.0 Å². The summed E-state index contributed by atoms with van der Waals surface area (Å²) < 4.78 is 1.75. The van der Waals surface area contributed by atoms with Crippen LogP contribution in [0.25, 0.3) is 11.0 Å². The number of carbonyl (C=O) groups is 1. The van der Waals surface area contributed by atoms with Crippen LogP contribution >= 0.6 is 0 Å². The van der Waals surface area contributed by atoms with E-state index in [0.717, 1.165) is 49.3 Å². The van der Waals surface area contributed by atoms with Gasteiger partial charge < -0.3 is 10.7 Å². The zero-order chi connectivity index (χ0) is 16.5. The van der Waals surface area contributed by atoms with Gasteiger partial charge in [0, 0.05) is 6.54 Å². The maximum Gasteiger partial charge on any atom is 0.288 e. The number of imidazole rings is 1. The van der Waals surface area contributed by atoms with E-state index in [4.69, 9.17) is 5.73 Å². The Labute approximate surface area is 138 Å². The molecule has 2 aromatic heterocycles. The van der Waals surface area contributed by atoms with Gasteiger partial charge in [-0.2, -0.15) is 0 Å². The average molecular weight is 325 g/mol. The minimum atomic E-state index is -0.594. The number of benzene rings is 1. The second-order valence-corrected chi connectivity index (χ2v) is 6.14. The highest BCUT2D eigenvalue weighted by Gasteiger charge is 2.23. The number of para-hydroxylation sites is 2. The summed E-state index contributed by atoms with van der Waals surface area (Å²) in [4.78, 5) is 25.5. The lowest BCUT2D eigenvalue weighted by Gasteiger charge is -2.31. The molecular formula is C16H19N7O. The number of rotatable bonds is 4. The largest absolute Gasteiger partial charge is 0.363 e. The minimum absolute atomic E-state index is 0.0735. The SMILES string of the molecule is NC(=O)c1ncn(C2CCCN(Cc3nc4ccccc4[nH]3)C2)n1. The quantitative estimate of drug-likeness (QED) is 0.747. The summed E-state index contributed by atoms with van der Waals surface area (Å²) in [6, 6.07) is 8.23. The van der Waals surface area contributed by atoms with Gasteiger partial charge in [-0.15, -0.1) is 5.10 Å². The number of nitrogens with one attached hydrogen (secondary N) is 1. The second-order valence-electron chi connectivity index (χ2n) is 6.14. The van der Waals surface area contributed by atoms with Gasteiger partial charge in [0.15, 0.2) is 0 Å². The number of fused-ring (bicyclic) bond motifs is 1. The molecule has 1 aliphatic rings. The molecule has 1 amide bonds. The number of aromatic amines is 1. The predicted molar refractivity (Wildman–Crippen MR) is 88.2 cm³/mol. The number of hydrogen-bond donors (Lipinski definition) is 2. The van der Waals surface area contributed by atoms with Crippen LogP contribution in [0.1, 0.15) is 35.3 Å². The number of piperidine rings is 1. The molecule has 0 saturated carbocycles. The van der Waals surface area contributed by atoms with Gasteiger partial charge in [-0.1, -0.05) is 12.1 Å². The van der Waals surface area contributed by atoms with Crippen molar-refractivity contribution in [3.05, 3.63) is 42.2 Å². The standard InChI is InChI=1S/C16H19N7O/c17-15(24)16-18-10-23(21-16)11-4-3-7-22(8-11)9-14-19-12-5-1-2-6-13(12)20-14/h1-2,5-6,10-11H,3-4,7-9H2,(H2,17,24)(H,19,20). The molecule has 1 fully saturated rings. The Morgan fingerprint density at radius 1 is 1.38 bits per heavy atom. The second kappa shape index (κ2) is 6.04. The van der Waals surface area contributed by atoms with Crippen molar-refractivity contribution in [2.24, 2.45) is 5.73 Å². The molecule has 8 nitrogen and oxygen atoms in total.